The zero-order valence-corrected chi connectivity index (χ0v) is 21.0. The lowest BCUT2D eigenvalue weighted by Gasteiger charge is -2.37. The fraction of sp³-hybridized carbons (Fsp3) is 0.423. The highest BCUT2D eigenvalue weighted by molar-refractivity contribution is 6.48. The van der Waals surface area contributed by atoms with E-state index in [0.717, 1.165) is 5.56 Å². The second-order valence-electron chi connectivity index (χ2n) is 9.66. The summed E-state index contributed by atoms with van der Waals surface area (Å²) in [5.41, 5.74) is 1.30. The van der Waals surface area contributed by atoms with E-state index in [4.69, 9.17) is 9.16 Å². The Labute approximate surface area is 197 Å². The van der Waals surface area contributed by atoms with Crippen LogP contribution in [0.5, 0.6) is 0 Å². The topological polar surface area (TPSA) is 72.9 Å². The van der Waals surface area contributed by atoms with E-state index in [1.54, 1.807) is 24.3 Å². The number of esters is 1. The summed E-state index contributed by atoms with van der Waals surface area (Å²) < 4.78 is 11.7. The van der Waals surface area contributed by atoms with Crippen LogP contribution in [0.2, 0.25) is 13.1 Å². The highest BCUT2D eigenvalue weighted by Crippen LogP contribution is 2.36. The van der Waals surface area contributed by atoms with Crippen molar-refractivity contribution in [3.63, 3.8) is 0 Å². The van der Waals surface area contributed by atoms with Crippen LogP contribution in [0.3, 0.4) is 0 Å². The Bertz CT molecular complexity index is 964. The van der Waals surface area contributed by atoms with Gasteiger partial charge in [0.05, 0.1) is 17.0 Å². The number of carbonyl (C=O) groups is 3. The molecule has 0 saturated carbocycles. The third-order valence-corrected chi connectivity index (χ3v) is 6.68. The van der Waals surface area contributed by atoms with E-state index in [1.165, 1.54) is 4.90 Å². The molecule has 0 N–H and O–H groups in total. The number of amides is 2. The minimum atomic E-state index is -0.993. The third-order valence-electron chi connectivity index (χ3n) is 5.93. The van der Waals surface area contributed by atoms with Crippen LogP contribution in [-0.4, -0.2) is 44.9 Å². The molecular weight excluding hydrogens is 434 g/mol. The van der Waals surface area contributed by atoms with Gasteiger partial charge >= 0.3 is 5.97 Å². The van der Waals surface area contributed by atoms with Crippen molar-refractivity contribution >= 4 is 26.8 Å². The van der Waals surface area contributed by atoms with Crippen molar-refractivity contribution in [1.82, 2.24) is 4.90 Å². The molecule has 6 nitrogen and oxygen atoms in total. The molecule has 3 rings (SSSR count). The predicted molar refractivity (Wildman–Crippen MR) is 128 cm³/mol. The van der Waals surface area contributed by atoms with Crippen LogP contribution >= 0.6 is 0 Å². The molecule has 0 spiro atoms. The first-order valence-electron chi connectivity index (χ1n) is 11.2. The first kappa shape index (κ1) is 24.9. The van der Waals surface area contributed by atoms with Crippen molar-refractivity contribution in [3.05, 3.63) is 71.3 Å². The standard InChI is InChI=1S/C26H32NO5Si/c1-26(2,3)22(17-32-33(4)5)21(25(30)31-16-18-11-7-6-8-12-18)15-27-23(28)19-13-9-10-14-20(19)24(27)29/h6-14,21-22H,15-17H2,1-5H3/t21-,22-/m1/s1. The number of rotatable bonds is 9. The number of carbonyl (C=O) groups excluding carboxylic acids is 3. The van der Waals surface area contributed by atoms with Crippen molar-refractivity contribution in [2.24, 2.45) is 17.3 Å². The average molecular weight is 467 g/mol. The normalized spacial score (nSPS) is 15.5. The summed E-state index contributed by atoms with van der Waals surface area (Å²) in [6.45, 7) is 10.6. The predicted octanol–water partition coefficient (Wildman–Crippen LogP) is 4.57. The van der Waals surface area contributed by atoms with E-state index in [2.05, 4.69) is 0 Å². The lowest BCUT2D eigenvalue weighted by molar-refractivity contribution is -0.155. The zero-order valence-electron chi connectivity index (χ0n) is 20.0. The first-order chi connectivity index (χ1) is 15.6. The summed E-state index contributed by atoms with van der Waals surface area (Å²) in [7, 11) is -0.993. The summed E-state index contributed by atoms with van der Waals surface area (Å²) in [4.78, 5) is 40.6. The second-order valence-corrected chi connectivity index (χ2v) is 11.8. The lowest BCUT2D eigenvalue weighted by Crippen LogP contribution is -2.46. The van der Waals surface area contributed by atoms with E-state index in [0.29, 0.717) is 17.7 Å². The van der Waals surface area contributed by atoms with Crippen LogP contribution < -0.4 is 0 Å². The van der Waals surface area contributed by atoms with Gasteiger partial charge in [-0.3, -0.25) is 19.3 Å². The lowest BCUT2D eigenvalue weighted by atomic mass is 9.73. The van der Waals surface area contributed by atoms with Crippen molar-refractivity contribution in [2.75, 3.05) is 13.2 Å². The molecule has 0 aliphatic carbocycles. The van der Waals surface area contributed by atoms with Gasteiger partial charge in [-0.05, 0) is 36.2 Å². The molecule has 2 atom stereocenters. The van der Waals surface area contributed by atoms with Gasteiger partial charge in [0.25, 0.3) is 11.8 Å². The molecule has 1 radical (unpaired) electrons. The maximum atomic E-state index is 13.4. The highest BCUT2D eigenvalue weighted by Gasteiger charge is 2.43. The number of nitrogens with zero attached hydrogens (tertiary/aromatic N) is 1. The molecular formula is C26H32NO5Si. The Hall–Kier alpha value is -2.77. The summed E-state index contributed by atoms with van der Waals surface area (Å²) >= 11 is 0. The molecule has 0 bridgehead atoms. The summed E-state index contributed by atoms with van der Waals surface area (Å²) in [6.07, 6.45) is 0. The molecule has 1 heterocycles. The molecule has 1 aliphatic rings. The maximum absolute atomic E-state index is 13.4. The van der Waals surface area contributed by atoms with Gasteiger partial charge in [0.15, 0.2) is 0 Å². The fourth-order valence-corrected chi connectivity index (χ4v) is 4.54. The minimum Gasteiger partial charge on any atom is -0.461 e. The van der Waals surface area contributed by atoms with Gasteiger partial charge in [-0.15, -0.1) is 0 Å². The highest BCUT2D eigenvalue weighted by atomic mass is 28.3. The smallest absolute Gasteiger partial charge is 0.311 e. The van der Waals surface area contributed by atoms with Crippen molar-refractivity contribution in [2.45, 2.75) is 40.5 Å². The molecule has 2 amide bonds. The molecule has 0 aromatic heterocycles. The zero-order chi connectivity index (χ0) is 24.2. The molecule has 175 valence electrons. The molecule has 33 heavy (non-hydrogen) atoms. The van der Waals surface area contributed by atoms with Crippen LogP contribution in [0.4, 0.5) is 0 Å². The number of imide groups is 1. The van der Waals surface area contributed by atoms with Crippen molar-refractivity contribution in [1.29, 1.82) is 0 Å². The number of hydrogen-bond donors (Lipinski definition) is 0. The molecule has 1 aliphatic heterocycles. The van der Waals surface area contributed by atoms with Gasteiger partial charge in [-0.1, -0.05) is 63.2 Å². The van der Waals surface area contributed by atoms with Crippen molar-refractivity contribution in [3.8, 4) is 0 Å². The van der Waals surface area contributed by atoms with E-state index >= 15 is 0 Å². The number of benzene rings is 2. The summed E-state index contributed by atoms with van der Waals surface area (Å²) in [5, 5.41) is 0. The Balaban J connectivity index is 1.88. The number of ether oxygens (including phenoxy) is 1. The van der Waals surface area contributed by atoms with Gasteiger partial charge in [0.1, 0.15) is 6.61 Å². The van der Waals surface area contributed by atoms with Gasteiger partial charge in [0, 0.05) is 19.1 Å². The third kappa shape index (κ3) is 5.97. The van der Waals surface area contributed by atoms with E-state index in [9.17, 15) is 14.4 Å². The molecule has 0 unspecified atom stereocenters. The summed E-state index contributed by atoms with van der Waals surface area (Å²) in [5.74, 6) is -2.14. The largest absolute Gasteiger partial charge is 0.461 e. The summed E-state index contributed by atoms with van der Waals surface area (Å²) in [6, 6.07) is 16.2. The van der Waals surface area contributed by atoms with Crippen LogP contribution in [0.25, 0.3) is 0 Å². The first-order valence-corrected chi connectivity index (χ1v) is 13.6. The minimum absolute atomic E-state index is 0.0409. The van der Waals surface area contributed by atoms with Gasteiger partial charge in [0.2, 0.25) is 9.04 Å². The number of hydrogen-bond acceptors (Lipinski definition) is 5. The van der Waals surface area contributed by atoms with Crippen LogP contribution in [-0.2, 0) is 20.6 Å². The molecule has 0 fully saturated rings. The quantitative estimate of drug-likeness (QED) is 0.307. The average Bonchev–Trinajstić information content (AvgIpc) is 3.01. The van der Waals surface area contributed by atoms with Gasteiger partial charge in [-0.2, -0.15) is 0 Å². The Morgan fingerprint density at radius 3 is 2.00 bits per heavy atom. The molecule has 0 saturated heterocycles. The number of fused-ring (bicyclic) bond motifs is 1. The Kier molecular flexibility index (Phi) is 7.87. The molecule has 2 aromatic rings. The second kappa shape index (κ2) is 10.4. The van der Waals surface area contributed by atoms with E-state index in [1.807, 2.05) is 64.2 Å². The van der Waals surface area contributed by atoms with Crippen LogP contribution in [0.1, 0.15) is 47.1 Å². The van der Waals surface area contributed by atoms with Gasteiger partial charge < -0.3 is 9.16 Å². The molecule has 2 aromatic carbocycles. The van der Waals surface area contributed by atoms with E-state index in [-0.39, 0.29) is 36.3 Å². The van der Waals surface area contributed by atoms with Gasteiger partial charge in [-0.25, -0.2) is 0 Å². The fourth-order valence-electron chi connectivity index (χ4n) is 4.03. The molecule has 7 heteroatoms. The van der Waals surface area contributed by atoms with Crippen LogP contribution in [0.15, 0.2) is 54.6 Å². The van der Waals surface area contributed by atoms with E-state index < -0.39 is 20.9 Å². The van der Waals surface area contributed by atoms with Crippen LogP contribution in [0, 0.1) is 17.3 Å². The Morgan fingerprint density at radius 2 is 1.48 bits per heavy atom. The SMILES string of the molecule is C[Si](C)OC[C@H]([C@@H](CN1C(=O)c2ccccc2C1=O)C(=O)OCc1ccccc1)C(C)(C)C. The van der Waals surface area contributed by atoms with Crippen molar-refractivity contribution < 1.29 is 23.5 Å². The monoisotopic (exact) mass is 466 g/mol. The Morgan fingerprint density at radius 1 is 0.939 bits per heavy atom. The maximum Gasteiger partial charge on any atom is 0.311 e.